The van der Waals surface area contributed by atoms with Crippen LogP contribution in [0.3, 0.4) is 0 Å². The van der Waals surface area contributed by atoms with E-state index in [0.717, 1.165) is 11.5 Å². The van der Waals surface area contributed by atoms with E-state index in [-0.39, 0.29) is 12.6 Å². The van der Waals surface area contributed by atoms with Crippen LogP contribution in [0.2, 0.25) is 0 Å². The molecule has 0 fully saturated rings. The summed E-state index contributed by atoms with van der Waals surface area (Å²) in [5.41, 5.74) is 1.40. The summed E-state index contributed by atoms with van der Waals surface area (Å²) in [5, 5.41) is 5.48. The number of hydrogen-bond acceptors (Lipinski definition) is 6. The van der Waals surface area contributed by atoms with Crippen LogP contribution >= 0.6 is 0 Å². The van der Waals surface area contributed by atoms with Crippen LogP contribution < -0.4 is 25.0 Å². The number of benzene rings is 1. The molecule has 2 N–H and O–H groups in total. The molecule has 1 aromatic heterocycles. The molecule has 0 spiro atoms. The molecule has 0 saturated carbocycles. The van der Waals surface area contributed by atoms with E-state index < -0.39 is 0 Å². The highest BCUT2D eigenvalue weighted by atomic mass is 16.5. The average molecular weight is 345 g/mol. The second-order valence-electron chi connectivity index (χ2n) is 5.59. The van der Waals surface area contributed by atoms with Crippen LogP contribution in [0.1, 0.15) is 11.5 Å². The van der Waals surface area contributed by atoms with Gasteiger partial charge in [-0.25, -0.2) is 14.8 Å². The monoisotopic (exact) mass is 345 g/mol. The van der Waals surface area contributed by atoms with E-state index in [1.54, 1.807) is 32.4 Å². The Morgan fingerprint density at radius 1 is 1.08 bits per heavy atom. The Hall–Kier alpha value is -3.03. The fourth-order valence-electron chi connectivity index (χ4n) is 2.13. The van der Waals surface area contributed by atoms with Gasteiger partial charge in [0.15, 0.2) is 0 Å². The fraction of sp³-hybridized carbons (Fsp3) is 0.353. The normalized spacial score (nSPS) is 10.1. The number of urea groups is 1. The molecule has 8 heteroatoms. The van der Waals surface area contributed by atoms with Gasteiger partial charge in [-0.05, 0) is 6.92 Å². The number of methoxy groups -OCH3 is 2. The zero-order chi connectivity index (χ0) is 18.4. The minimum Gasteiger partial charge on any atom is -0.497 e. The molecule has 25 heavy (non-hydrogen) atoms. The van der Waals surface area contributed by atoms with Gasteiger partial charge in [-0.1, -0.05) is 0 Å². The molecule has 0 aliphatic carbocycles. The van der Waals surface area contributed by atoms with Crippen LogP contribution in [0.15, 0.2) is 24.3 Å². The van der Waals surface area contributed by atoms with Crippen LogP contribution in [0, 0.1) is 6.92 Å². The second-order valence-corrected chi connectivity index (χ2v) is 5.59. The number of nitrogens with one attached hydrogen (secondary N) is 2. The van der Waals surface area contributed by atoms with E-state index in [0.29, 0.717) is 23.0 Å². The molecule has 1 heterocycles. The van der Waals surface area contributed by atoms with Gasteiger partial charge in [-0.2, -0.15) is 0 Å². The Balaban J connectivity index is 2.02. The third-order valence-corrected chi connectivity index (χ3v) is 3.36. The van der Waals surface area contributed by atoms with Crippen LogP contribution in [0.25, 0.3) is 0 Å². The first-order valence-electron chi connectivity index (χ1n) is 7.71. The number of anilines is 2. The van der Waals surface area contributed by atoms with E-state index in [1.807, 2.05) is 32.0 Å². The molecule has 134 valence electrons. The molecule has 0 bridgehead atoms. The SMILES string of the molecule is COc1cc(NC(=O)NCc2nc(C)cc(N(C)C)n2)cc(OC)c1. The third kappa shape index (κ3) is 5.23. The first-order chi connectivity index (χ1) is 11.9. The summed E-state index contributed by atoms with van der Waals surface area (Å²) in [6.45, 7) is 2.11. The highest BCUT2D eigenvalue weighted by Crippen LogP contribution is 2.25. The zero-order valence-electron chi connectivity index (χ0n) is 15.1. The van der Waals surface area contributed by atoms with Crippen LogP contribution in [-0.2, 0) is 6.54 Å². The number of carbonyl (C=O) groups is 1. The molecule has 0 atom stereocenters. The number of aromatic nitrogens is 2. The van der Waals surface area contributed by atoms with E-state index in [2.05, 4.69) is 20.6 Å². The minimum atomic E-state index is -0.369. The number of amides is 2. The molecule has 8 nitrogen and oxygen atoms in total. The Kier molecular flexibility index (Phi) is 5.99. The van der Waals surface area contributed by atoms with E-state index in [1.165, 1.54) is 0 Å². The van der Waals surface area contributed by atoms with Crippen molar-refractivity contribution < 1.29 is 14.3 Å². The number of nitrogens with zero attached hydrogens (tertiary/aromatic N) is 3. The lowest BCUT2D eigenvalue weighted by atomic mass is 10.3. The van der Waals surface area contributed by atoms with Crippen molar-refractivity contribution in [2.75, 3.05) is 38.5 Å². The van der Waals surface area contributed by atoms with Gasteiger partial charge in [0.25, 0.3) is 0 Å². The predicted octanol–water partition coefficient (Wildman–Crippen LogP) is 2.19. The largest absolute Gasteiger partial charge is 0.497 e. The maximum atomic E-state index is 12.1. The van der Waals surface area contributed by atoms with Gasteiger partial charge >= 0.3 is 6.03 Å². The van der Waals surface area contributed by atoms with Crippen molar-refractivity contribution in [3.05, 3.63) is 35.8 Å². The highest BCUT2D eigenvalue weighted by molar-refractivity contribution is 5.89. The van der Waals surface area contributed by atoms with Crippen LogP contribution in [0.4, 0.5) is 16.3 Å². The topological polar surface area (TPSA) is 88.6 Å². The van der Waals surface area contributed by atoms with Crippen molar-refractivity contribution >= 4 is 17.5 Å². The van der Waals surface area contributed by atoms with Crippen LogP contribution in [-0.4, -0.2) is 44.3 Å². The summed E-state index contributed by atoms with van der Waals surface area (Å²) >= 11 is 0. The molecule has 0 unspecified atom stereocenters. The van der Waals surface area contributed by atoms with E-state index in [9.17, 15) is 4.79 Å². The van der Waals surface area contributed by atoms with Crippen molar-refractivity contribution in [1.82, 2.24) is 15.3 Å². The van der Waals surface area contributed by atoms with Gasteiger partial charge < -0.3 is 25.0 Å². The lowest BCUT2D eigenvalue weighted by Gasteiger charge is -2.14. The smallest absolute Gasteiger partial charge is 0.319 e. The summed E-state index contributed by atoms with van der Waals surface area (Å²) in [6, 6.07) is 6.65. The van der Waals surface area contributed by atoms with Crippen molar-refractivity contribution in [1.29, 1.82) is 0 Å². The van der Waals surface area contributed by atoms with Gasteiger partial charge in [-0.15, -0.1) is 0 Å². The van der Waals surface area contributed by atoms with Gasteiger partial charge in [-0.3, -0.25) is 0 Å². The summed E-state index contributed by atoms with van der Waals surface area (Å²) < 4.78 is 10.4. The van der Waals surface area contributed by atoms with E-state index >= 15 is 0 Å². The van der Waals surface area contributed by atoms with Crippen molar-refractivity contribution in [2.45, 2.75) is 13.5 Å². The number of aryl methyl sites for hydroxylation is 1. The molecule has 2 aromatic rings. The highest BCUT2D eigenvalue weighted by Gasteiger charge is 2.08. The summed E-state index contributed by atoms with van der Waals surface area (Å²) in [6.07, 6.45) is 0. The van der Waals surface area contributed by atoms with Crippen LogP contribution in [0.5, 0.6) is 11.5 Å². The molecule has 0 aliphatic heterocycles. The number of ether oxygens (including phenoxy) is 2. The molecule has 2 amide bonds. The van der Waals surface area contributed by atoms with Crippen molar-refractivity contribution in [2.24, 2.45) is 0 Å². The predicted molar refractivity (Wildman–Crippen MR) is 96.5 cm³/mol. The molecule has 0 radical (unpaired) electrons. The zero-order valence-corrected chi connectivity index (χ0v) is 15.1. The molecule has 0 aliphatic rings. The number of carbonyl (C=O) groups excluding carboxylic acids is 1. The summed E-state index contributed by atoms with van der Waals surface area (Å²) in [5.74, 6) is 2.52. The lowest BCUT2D eigenvalue weighted by Crippen LogP contribution is -2.29. The Bertz CT molecular complexity index is 727. The first-order valence-corrected chi connectivity index (χ1v) is 7.71. The summed E-state index contributed by atoms with van der Waals surface area (Å²) in [4.78, 5) is 22.7. The molecule has 0 saturated heterocycles. The maximum absolute atomic E-state index is 12.1. The summed E-state index contributed by atoms with van der Waals surface area (Å²) in [7, 11) is 6.91. The molecule has 2 rings (SSSR count). The van der Waals surface area contributed by atoms with Gasteiger partial charge in [0.1, 0.15) is 23.1 Å². The Labute approximate surface area is 147 Å². The fourth-order valence-corrected chi connectivity index (χ4v) is 2.13. The van der Waals surface area contributed by atoms with Gasteiger partial charge in [0, 0.05) is 49.7 Å². The van der Waals surface area contributed by atoms with Crippen molar-refractivity contribution in [3.8, 4) is 11.5 Å². The second kappa shape index (κ2) is 8.18. The first kappa shape index (κ1) is 18.3. The minimum absolute atomic E-state index is 0.218. The molecular formula is C17H23N5O3. The molecular weight excluding hydrogens is 322 g/mol. The van der Waals surface area contributed by atoms with Gasteiger partial charge in [0.05, 0.1) is 20.8 Å². The standard InChI is InChI=1S/C17H23N5O3/c1-11-6-16(22(2)3)21-15(19-11)10-18-17(23)20-12-7-13(24-4)9-14(8-12)25-5/h6-9H,10H2,1-5H3,(H2,18,20,23). The van der Waals surface area contributed by atoms with Gasteiger partial charge in [0.2, 0.25) is 0 Å². The molecule has 1 aromatic carbocycles. The average Bonchev–Trinajstić information content (AvgIpc) is 2.59. The quantitative estimate of drug-likeness (QED) is 0.834. The lowest BCUT2D eigenvalue weighted by molar-refractivity contribution is 0.251. The maximum Gasteiger partial charge on any atom is 0.319 e. The van der Waals surface area contributed by atoms with E-state index in [4.69, 9.17) is 9.47 Å². The Morgan fingerprint density at radius 3 is 2.28 bits per heavy atom. The number of hydrogen-bond donors (Lipinski definition) is 2. The Morgan fingerprint density at radius 2 is 1.72 bits per heavy atom. The third-order valence-electron chi connectivity index (χ3n) is 3.36. The number of rotatable bonds is 6. The van der Waals surface area contributed by atoms with Crippen molar-refractivity contribution in [3.63, 3.8) is 0 Å².